The molecule has 2 N–H and O–H groups in total. The number of aliphatic imine (C=N–C) groups is 1. The Morgan fingerprint density at radius 3 is 2.50 bits per heavy atom. The Balaban J connectivity index is 0.00000625. The summed E-state index contributed by atoms with van der Waals surface area (Å²) in [4.78, 5) is 11.1. The van der Waals surface area contributed by atoms with Gasteiger partial charge >= 0.3 is 0 Å². The third-order valence-electron chi connectivity index (χ3n) is 3.95. The van der Waals surface area contributed by atoms with E-state index in [1.54, 1.807) is 13.2 Å². The van der Waals surface area contributed by atoms with Gasteiger partial charge in [0.15, 0.2) is 5.96 Å². The molecule has 6 nitrogen and oxygen atoms in total. The number of pyridine rings is 1. The number of rotatable bonds is 10. The summed E-state index contributed by atoms with van der Waals surface area (Å²) in [5.41, 5.74) is 1.03. The highest BCUT2D eigenvalue weighted by molar-refractivity contribution is 14.0. The van der Waals surface area contributed by atoms with Crippen LogP contribution in [0, 0.1) is 0 Å². The molecule has 0 atom stereocenters. The number of halogens is 1. The van der Waals surface area contributed by atoms with Crippen LogP contribution in [0.25, 0.3) is 0 Å². The molecule has 0 radical (unpaired) electrons. The van der Waals surface area contributed by atoms with Crippen molar-refractivity contribution in [2.45, 2.75) is 59.7 Å². The van der Waals surface area contributed by atoms with Gasteiger partial charge in [0.2, 0.25) is 5.88 Å². The molecule has 1 aromatic rings. The predicted octanol–water partition coefficient (Wildman–Crippen LogP) is 3.27. The Kier molecular flexibility index (Phi) is 13.4. The van der Waals surface area contributed by atoms with Crippen LogP contribution < -0.4 is 15.4 Å². The minimum atomic E-state index is 0. The molecule has 0 aromatic carbocycles. The first-order chi connectivity index (χ1) is 12.0. The van der Waals surface area contributed by atoms with Crippen LogP contribution in [0.4, 0.5) is 0 Å². The summed E-state index contributed by atoms with van der Waals surface area (Å²) in [6.45, 7) is 14.1. The number of guanidine groups is 1. The highest BCUT2D eigenvalue weighted by Crippen LogP contribution is 2.14. The molecule has 0 saturated heterocycles. The quantitative estimate of drug-likeness (QED) is 0.308. The Morgan fingerprint density at radius 2 is 1.92 bits per heavy atom. The van der Waals surface area contributed by atoms with Crippen molar-refractivity contribution < 1.29 is 4.74 Å². The van der Waals surface area contributed by atoms with E-state index in [1.165, 1.54) is 0 Å². The van der Waals surface area contributed by atoms with Crippen LogP contribution in [0.3, 0.4) is 0 Å². The number of aromatic nitrogens is 1. The lowest BCUT2D eigenvalue weighted by atomic mass is 10.2. The lowest BCUT2D eigenvalue weighted by molar-refractivity contribution is 0.178. The van der Waals surface area contributed by atoms with Crippen molar-refractivity contribution in [1.29, 1.82) is 0 Å². The highest BCUT2D eigenvalue weighted by atomic mass is 127. The van der Waals surface area contributed by atoms with Crippen LogP contribution in [0.15, 0.2) is 23.3 Å². The fraction of sp³-hybridized carbons (Fsp3) is 0.684. The third-order valence-corrected chi connectivity index (χ3v) is 3.95. The standard InChI is InChI=1S/C19H35N5O.HI/c1-7-13-25-18-17(9-8-10-21-18)14-23-19(20-6)22-11-12-24(15(2)3)16(4)5;/h8-10,15-16H,7,11-14H2,1-6H3,(H2,20,22,23);1H. The van der Waals surface area contributed by atoms with Gasteiger partial charge in [0.1, 0.15) is 0 Å². The maximum Gasteiger partial charge on any atom is 0.218 e. The van der Waals surface area contributed by atoms with Gasteiger partial charge in [-0.2, -0.15) is 0 Å². The first-order valence-corrected chi connectivity index (χ1v) is 9.26. The van der Waals surface area contributed by atoms with Crippen molar-refractivity contribution in [3.8, 4) is 5.88 Å². The SMILES string of the molecule is CCCOc1ncccc1CNC(=NC)NCCN(C(C)C)C(C)C.I. The average molecular weight is 477 g/mol. The van der Waals surface area contributed by atoms with Gasteiger partial charge in [-0.15, -0.1) is 24.0 Å². The molecular weight excluding hydrogens is 441 g/mol. The van der Waals surface area contributed by atoms with Crippen LogP contribution in [0.1, 0.15) is 46.6 Å². The molecule has 0 spiro atoms. The third kappa shape index (κ3) is 9.02. The second-order valence-electron chi connectivity index (χ2n) is 6.59. The van der Waals surface area contributed by atoms with Crippen molar-refractivity contribution in [2.24, 2.45) is 4.99 Å². The number of ether oxygens (including phenoxy) is 1. The summed E-state index contributed by atoms with van der Waals surface area (Å²) in [5, 5.41) is 6.71. The van der Waals surface area contributed by atoms with Gasteiger partial charge in [0.25, 0.3) is 0 Å². The first kappa shape index (κ1) is 24.9. The summed E-state index contributed by atoms with van der Waals surface area (Å²) >= 11 is 0. The van der Waals surface area contributed by atoms with Crippen LogP contribution in [-0.4, -0.2) is 54.7 Å². The fourth-order valence-electron chi connectivity index (χ4n) is 2.70. The lowest BCUT2D eigenvalue weighted by Crippen LogP contribution is -2.45. The molecule has 1 aromatic heterocycles. The zero-order chi connectivity index (χ0) is 18.7. The summed E-state index contributed by atoms with van der Waals surface area (Å²) in [5.74, 6) is 1.48. The first-order valence-electron chi connectivity index (χ1n) is 9.26. The molecule has 0 aliphatic carbocycles. The van der Waals surface area contributed by atoms with Crippen molar-refractivity contribution in [2.75, 3.05) is 26.7 Å². The summed E-state index contributed by atoms with van der Waals surface area (Å²) < 4.78 is 5.70. The number of hydrogen-bond acceptors (Lipinski definition) is 4. The van der Waals surface area contributed by atoms with E-state index in [9.17, 15) is 0 Å². The molecule has 0 amide bonds. The van der Waals surface area contributed by atoms with Crippen molar-refractivity contribution in [3.63, 3.8) is 0 Å². The molecule has 1 rings (SSSR count). The Hall–Kier alpha value is -1.09. The molecule has 0 unspecified atom stereocenters. The summed E-state index contributed by atoms with van der Waals surface area (Å²) in [6.07, 6.45) is 2.73. The molecule has 0 saturated carbocycles. The minimum absolute atomic E-state index is 0. The van der Waals surface area contributed by atoms with E-state index in [-0.39, 0.29) is 24.0 Å². The second-order valence-corrected chi connectivity index (χ2v) is 6.59. The van der Waals surface area contributed by atoms with Crippen LogP contribution in [-0.2, 0) is 6.54 Å². The van der Waals surface area contributed by atoms with Crippen molar-refractivity contribution in [3.05, 3.63) is 23.9 Å². The highest BCUT2D eigenvalue weighted by Gasteiger charge is 2.12. The number of hydrogen-bond donors (Lipinski definition) is 2. The smallest absolute Gasteiger partial charge is 0.218 e. The molecule has 7 heteroatoms. The predicted molar refractivity (Wildman–Crippen MR) is 121 cm³/mol. The summed E-state index contributed by atoms with van der Waals surface area (Å²) in [6, 6.07) is 5.02. The van der Waals surface area contributed by atoms with Gasteiger partial charge in [-0.3, -0.25) is 9.89 Å². The molecule has 0 bridgehead atoms. The topological polar surface area (TPSA) is 61.8 Å². The number of nitrogens with zero attached hydrogens (tertiary/aromatic N) is 3. The lowest BCUT2D eigenvalue weighted by Gasteiger charge is -2.30. The minimum Gasteiger partial charge on any atom is -0.477 e. The molecular formula is C19H36IN5O. The molecule has 0 fully saturated rings. The largest absolute Gasteiger partial charge is 0.477 e. The van der Waals surface area contributed by atoms with E-state index in [4.69, 9.17) is 4.74 Å². The second kappa shape index (κ2) is 14.0. The van der Waals surface area contributed by atoms with Gasteiger partial charge in [-0.05, 0) is 40.2 Å². The van der Waals surface area contributed by atoms with Gasteiger partial charge in [0, 0.05) is 50.5 Å². The van der Waals surface area contributed by atoms with E-state index < -0.39 is 0 Å². The van der Waals surface area contributed by atoms with Gasteiger partial charge < -0.3 is 15.4 Å². The Labute approximate surface area is 176 Å². The van der Waals surface area contributed by atoms with Crippen LogP contribution in [0.5, 0.6) is 5.88 Å². The van der Waals surface area contributed by atoms with E-state index >= 15 is 0 Å². The Morgan fingerprint density at radius 1 is 1.23 bits per heavy atom. The zero-order valence-electron chi connectivity index (χ0n) is 17.1. The molecule has 26 heavy (non-hydrogen) atoms. The van der Waals surface area contributed by atoms with Crippen molar-refractivity contribution in [1.82, 2.24) is 20.5 Å². The normalized spacial score (nSPS) is 11.7. The summed E-state index contributed by atoms with van der Waals surface area (Å²) in [7, 11) is 1.79. The number of nitrogens with one attached hydrogen (secondary N) is 2. The average Bonchev–Trinajstić information content (AvgIpc) is 2.59. The Bertz CT molecular complexity index is 514. The van der Waals surface area contributed by atoms with Gasteiger partial charge in [0.05, 0.1) is 6.61 Å². The molecule has 0 aliphatic heterocycles. The van der Waals surface area contributed by atoms with Crippen LogP contribution in [0.2, 0.25) is 0 Å². The molecule has 150 valence electrons. The maximum absolute atomic E-state index is 5.70. The maximum atomic E-state index is 5.70. The fourth-order valence-corrected chi connectivity index (χ4v) is 2.70. The molecule has 0 aliphatic rings. The van der Waals surface area contributed by atoms with E-state index in [2.05, 4.69) is 60.1 Å². The van der Waals surface area contributed by atoms with E-state index in [0.29, 0.717) is 31.1 Å². The van der Waals surface area contributed by atoms with Crippen molar-refractivity contribution >= 4 is 29.9 Å². The van der Waals surface area contributed by atoms with Crippen LogP contribution >= 0.6 is 24.0 Å². The molecule has 1 heterocycles. The monoisotopic (exact) mass is 477 g/mol. The van der Waals surface area contributed by atoms with Gasteiger partial charge in [-0.25, -0.2) is 4.98 Å². The van der Waals surface area contributed by atoms with E-state index in [0.717, 1.165) is 31.0 Å². The zero-order valence-corrected chi connectivity index (χ0v) is 19.4. The van der Waals surface area contributed by atoms with E-state index in [1.807, 2.05) is 12.1 Å². The van der Waals surface area contributed by atoms with Gasteiger partial charge in [-0.1, -0.05) is 13.0 Å².